The number of rotatable bonds is 5. The maximum absolute atomic E-state index is 11.1. The van der Waals surface area contributed by atoms with E-state index in [4.69, 9.17) is 16.3 Å². The van der Waals surface area contributed by atoms with Gasteiger partial charge in [-0.1, -0.05) is 11.6 Å². The minimum absolute atomic E-state index is 0.373. The summed E-state index contributed by atoms with van der Waals surface area (Å²) in [6.45, 7) is 2.44. The molecule has 0 amide bonds. The molecule has 1 atom stereocenters. The standard InChI is InChI=1S/C12H17ClN2O3S/c1-19(16,17)15-12-3-2-10(6-11(12)13)14-7-9-4-5-18-8-9/h2-3,6,9,14-15H,4-5,7-8H2,1H3. The molecule has 7 heteroatoms. The normalized spacial score (nSPS) is 19.4. The fourth-order valence-electron chi connectivity index (χ4n) is 1.91. The van der Waals surface area contributed by atoms with Gasteiger partial charge in [0.2, 0.25) is 10.0 Å². The van der Waals surface area contributed by atoms with E-state index in [-0.39, 0.29) is 0 Å². The molecule has 1 aromatic carbocycles. The average molecular weight is 305 g/mol. The lowest BCUT2D eigenvalue weighted by Crippen LogP contribution is -2.14. The average Bonchev–Trinajstić information content (AvgIpc) is 2.81. The molecule has 1 saturated heterocycles. The summed E-state index contributed by atoms with van der Waals surface area (Å²) >= 11 is 6.04. The van der Waals surface area contributed by atoms with E-state index < -0.39 is 10.0 Å². The SMILES string of the molecule is CS(=O)(=O)Nc1ccc(NCC2CCOC2)cc1Cl. The van der Waals surface area contributed by atoms with Crippen molar-refractivity contribution in [2.24, 2.45) is 5.92 Å². The molecule has 1 aromatic rings. The summed E-state index contributed by atoms with van der Waals surface area (Å²) in [5.41, 5.74) is 1.26. The minimum Gasteiger partial charge on any atom is -0.385 e. The van der Waals surface area contributed by atoms with Crippen LogP contribution < -0.4 is 10.0 Å². The Morgan fingerprint density at radius 1 is 1.47 bits per heavy atom. The van der Waals surface area contributed by atoms with Crippen LogP contribution in [0.15, 0.2) is 18.2 Å². The highest BCUT2D eigenvalue weighted by Crippen LogP contribution is 2.26. The Morgan fingerprint density at radius 2 is 2.26 bits per heavy atom. The molecule has 1 fully saturated rings. The molecule has 106 valence electrons. The molecule has 0 aromatic heterocycles. The van der Waals surface area contributed by atoms with E-state index >= 15 is 0 Å². The molecule has 1 aliphatic heterocycles. The lowest BCUT2D eigenvalue weighted by atomic mass is 10.1. The van der Waals surface area contributed by atoms with Crippen LogP contribution in [-0.2, 0) is 14.8 Å². The van der Waals surface area contributed by atoms with Crippen LogP contribution in [0.1, 0.15) is 6.42 Å². The van der Waals surface area contributed by atoms with Crippen molar-refractivity contribution in [1.29, 1.82) is 0 Å². The van der Waals surface area contributed by atoms with Crippen LogP contribution in [0.5, 0.6) is 0 Å². The topological polar surface area (TPSA) is 67.4 Å². The summed E-state index contributed by atoms with van der Waals surface area (Å²) in [6, 6.07) is 5.16. The van der Waals surface area contributed by atoms with Gasteiger partial charge in [0.25, 0.3) is 0 Å². The van der Waals surface area contributed by atoms with Crippen molar-refractivity contribution in [2.45, 2.75) is 6.42 Å². The van der Waals surface area contributed by atoms with Gasteiger partial charge in [0.15, 0.2) is 0 Å². The largest absolute Gasteiger partial charge is 0.385 e. The van der Waals surface area contributed by atoms with Gasteiger partial charge in [0, 0.05) is 24.8 Å². The van der Waals surface area contributed by atoms with Gasteiger partial charge in [-0.3, -0.25) is 4.72 Å². The van der Waals surface area contributed by atoms with Crippen molar-refractivity contribution in [3.8, 4) is 0 Å². The quantitative estimate of drug-likeness (QED) is 0.875. The van der Waals surface area contributed by atoms with E-state index in [1.54, 1.807) is 18.2 Å². The van der Waals surface area contributed by atoms with Gasteiger partial charge in [-0.15, -0.1) is 0 Å². The van der Waals surface area contributed by atoms with Crippen molar-refractivity contribution in [3.63, 3.8) is 0 Å². The van der Waals surface area contributed by atoms with E-state index in [1.807, 2.05) is 0 Å². The Labute approximate surface area is 118 Å². The molecule has 0 aliphatic carbocycles. The van der Waals surface area contributed by atoms with Crippen LogP contribution in [0.4, 0.5) is 11.4 Å². The van der Waals surface area contributed by atoms with Gasteiger partial charge in [-0.05, 0) is 24.6 Å². The van der Waals surface area contributed by atoms with Crippen LogP contribution in [0.3, 0.4) is 0 Å². The molecule has 1 heterocycles. The van der Waals surface area contributed by atoms with Crippen LogP contribution in [0.25, 0.3) is 0 Å². The number of benzene rings is 1. The molecule has 1 aliphatic rings. The summed E-state index contributed by atoms with van der Waals surface area (Å²) in [4.78, 5) is 0. The lowest BCUT2D eigenvalue weighted by Gasteiger charge is -2.12. The molecule has 19 heavy (non-hydrogen) atoms. The highest BCUT2D eigenvalue weighted by molar-refractivity contribution is 7.92. The predicted octanol–water partition coefficient (Wildman–Crippen LogP) is 2.16. The van der Waals surface area contributed by atoms with E-state index in [2.05, 4.69) is 10.0 Å². The van der Waals surface area contributed by atoms with Gasteiger partial charge in [-0.25, -0.2) is 8.42 Å². The number of anilines is 2. The van der Waals surface area contributed by atoms with Gasteiger partial charge in [-0.2, -0.15) is 0 Å². The predicted molar refractivity (Wildman–Crippen MR) is 77.3 cm³/mol. The third kappa shape index (κ3) is 4.56. The highest BCUT2D eigenvalue weighted by Gasteiger charge is 2.15. The molecule has 5 nitrogen and oxygen atoms in total. The number of hydrogen-bond acceptors (Lipinski definition) is 4. The molecule has 1 unspecified atom stereocenters. The molecule has 2 rings (SSSR count). The van der Waals surface area contributed by atoms with Gasteiger partial charge in [0.1, 0.15) is 0 Å². The fraction of sp³-hybridized carbons (Fsp3) is 0.500. The summed E-state index contributed by atoms with van der Waals surface area (Å²) in [5, 5.41) is 3.65. The van der Waals surface area contributed by atoms with Gasteiger partial charge < -0.3 is 10.1 Å². The lowest BCUT2D eigenvalue weighted by molar-refractivity contribution is 0.187. The molecule has 0 radical (unpaired) electrons. The second-order valence-electron chi connectivity index (χ2n) is 4.68. The van der Waals surface area contributed by atoms with Crippen LogP contribution in [0.2, 0.25) is 5.02 Å². The molecular formula is C12H17ClN2O3S. The summed E-state index contributed by atoms with van der Waals surface area (Å²) in [6.07, 6.45) is 2.16. The molecule has 0 saturated carbocycles. The Balaban J connectivity index is 1.97. The zero-order valence-electron chi connectivity index (χ0n) is 10.6. The fourth-order valence-corrected chi connectivity index (χ4v) is 2.78. The zero-order valence-corrected chi connectivity index (χ0v) is 12.2. The van der Waals surface area contributed by atoms with Crippen molar-refractivity contribution >= 4 is 33.0 Å². The summed E-state index contributed by atoms with van der Waals surface area (Å²) in [7, 11) is -3.31. The second kappa shape index (κ2) is 5.98. The number of halogens is 1. The van der Waals surface area contributed by atoms with Crippen molar-refractivity contribution < 1.29 is 13.2 Å². The minimum atomic E-state index is -3.31. The second-order valence-corrected chi connectivity index (χ2v) is 6.84. The smallest absolute Gasteiger partial charge is 0.229 e. The van der Waals surface area contributed by atoms with E-state index in [0.29, 0.717) is 16.6 Å². The monoisotopic (exact) mass is 304 g/mol. The first kappa shape index (κ1) is 14.4. The molecule has 0 bridgehead atoms. The summed E-state index contributed by atoms with van der Waals surface area (Å²) in [5.74, 6) is 0.521. The van der Waals surface area contributed by atoms with Gasteiger partial charge in [0.05, 0.1) is 23.6 Å². The Morgan fingerprint density at radius 3 is 2.84 bits per heavy atom. The maximum atomic E-state index is 11.1. The third-order valence-electron chi connectivity index (χ3n) is 2.88. The van der Waals surface area contributed by atoms with E-state index in [0.717, 1.165) is 38.1 Å². The first-order valence-electron chi connectivity index (χ1n) is 6.03. The van der Waals surface area contributed by atoms with E-state index in [1.165, 1.54) is 0 Å². The zero-order chi connectivity index (χ0) is 13.9. The Kier molecular flexibility index (Phi) is 4.54. The molecule has 0 spiro atoms. The Bertz CT molecular complexity index is 542. The highest BCUT2D eigenvalue weighted by atomic mass is 35.5. The summed E-state index contributed by atoms with van der Waals surface area (Å²) < 4.78 is 29.9. The third-order valence-corrected chi connectivity index (χ3v) is 3.79. The van der Waals surface area contributed by atoms with Gasteiger partial charge >= 0.3 is 0 Å². The number of hydrogen-bond donors (Lipinski definition) is 2. The van der Waals surface area contributed by atoms with E-state index in [9.17, 15) is 8.42 Å². The van der Waals surface area contributed by atoms with Crippen LogP contribution in [0, 0.1) is 5.92 Å². The first-order valence-corrected chi connectivity index (χ1v) is 8.30. The van der Waals surface area contributed by atoms with Crippen molar-refractivity contribution in [3.05, 3.63) is 23.2 Å². The Hall–Kier alpha value is -0.980. The van der Waals surface area contributed by atoms with Crippen molar-refractivity contribution in [2.75, 3.05) is 36.1 Å². The maximum Gasteiger partial charge on any atom is 0.229 e. The number of nitrogens with one attached hydrogen (secondary N) is 2. The first-order chi connectivity index (χ1) is 8.94. The number of ether oxygens (including phenoxy) is 1. The van der Waals surface area contributed by atoms with Crippen LogP contribution >= 0.6 is 11.6 Å². The van der Waals surface area contributed by atoms with Crippen LogP contribution in [-0.4, -0.2) is 34.4 Å². The molecular weight excluding hydrogens is 288 g/mol. The number of sulfonamides is 1. The molecule has 2 N–H and O–H groups in total. The van der Waals surface area contributed by atoms with Crippen molar-refractivity contribution in [1.82, 2.24) is 0 Å².